The molecule has 1 rings (SSSR count). The van der Waals surface area contributed by atoms with Crippen LogP contribution in [0, 0.1) is 0 Å². The Bertz CT molecular complexity index is 259. The lowest BCUT2D eigenvalue weighted by molar-refractivity contribution is 0.280. The molecule has 0 aromatic heterocycles. The van der Waals surface area contributed by atoms with E-state index in [4.69, 9.17) is 4.74 Å². The molecule has 0 spiro atoms. The number of para-hydroxylation sites is 1. The number of rotatable bonds is 5. The molecule has 1 nitrogen and oxygen atoms in total. The van der Waals surface area contributed by atoms with Gasteiger partial charge in [-0.15, -0.1) is 0 Å². The Labute approximate surface area is 102 Å². The van der Waals surface area contributed by atoms with E-state index in [1.807, 2.05) is 30.3 Å². The van der Waals surface area contributed by atoms with Crippen molar-refractivity contribution < 1.29 is 4.74 Å². The van der Waals surface area contributed by atoms with Crippen LogP contribution in [0.3, 0.4) is 0 Å². The Morgan fingerprint density at radius 2 is 1.93 bits per heavy atom. The topological polar surface area (TPSA) is 9.23 Å². The van der Waals surface area contributed by atoms with Crippen molar-refractivity contribution in [2.75, 3.05) is 11.9 Å². The second kappa shape index (κ2) is 5.76. The highest BCUT2D eigenvalue weighted by atomic mass is 79.9. The molecule has 0 aliphatic rings. The van der Waals surface area contributed by atoms with E-state index in [9.17, 15) is 0 Å². The first-order chi connectivity index (χ1) is 6.64. The maximum Gasteiger partial charge on any atom is 0.119 e. The average molecular weight is 322 g/mol. The van der Waals surface area contributed by atoms with Gasteiger partial charge in [0, 0.05) is 5.33 Å². The fourth-order valence-corrected chi connectivity index (χ4v) is 2.74. The van der Waals surface area contributed by atoms with Crippen LogP contribution in [-0.4, -0.2) is 16.3 Å². The summed E-state index contributed by atoms with van der Waals surface area (Å²) in [6, 6.07) is 9.88. The lowest BCUT2D eigenvalue weighted by Gasteiger charge is -2.21. The fraction of sp³-hybridized carbons (Fsp3) is 0.455. The van der Waals surface area contributed by atoms with Gasteiger partial charge in [-0.05, 0) is 25.5 Å². The molecule has 0 heterocycles. The molecule has 3 heteroatoms. The van der Waals surface area contributed by atoms with Crippen LogP contribution in [0.2, 0.25) is 0 Å². The Morgan fingerprint density at radius 3 is 2.50 bits per heavy atom. The predicted molar refractivity (Wildman–Crippen MR) is 67.7 cm³/mol. The molecular weight excluding hydrogens is 308 g/mol. The van der Waals surface area contributed by atoms with Crippen LogP contribution < -0.4 is 4.74 Å². The smallest absolute Gasteiger partial charge is 0.119 e. The Balaban J connectivity index is 2.40. The van der Waals surface area contributed by atoms with Crippen molar-refractivity contribution in [3.05, 3.63) is 30.3 Å². The van der Waals surface area contributed by atoms with Gasteiger partial charge >= 0.3 is 0 Å². The summed E-state index contributed by atoms with van der Waals surface area (Å²) in [7, 11) is 0. The minimum atomic E-state index is 0.0480. The second-order valence-corrected chi connectivity index (χ2v) is 6.16. The van der Waals surface area contributed by atoms with Crippen molar-refractivity contribution in [1.82, 2.24) is 0 Å². The van der Waals surface area contributed by atoms with Gasteiger partial charge in [-0.25, -0.2) is 0 Å². The SMILES string of the molecule is CC(Br)(CCBr)COc1ccccc1. The molecule has 0 saturated heterocycles. The molecule has 14 heavy (non-hydrogen) atoms. The predicted octanol–water partition coefficient (Wildman–Crippen LogP) is 4.00. The van der Waals surface area contributed by atoms with Crippen molar-refractivity contribution in [2.45, 2.75) is 17.7 Å². The summed E-state index contributed by atoms with van der Waals surface area (Å²) in [5.41, 5.74) is 0. The fourth-order valence-electron chi connectivity index (χ4n) is 1.02. The van der Waals surface area contributed by atoms with Crippen molar-refractivity contribution in [3.63, 3.8) is 0 Å². The van der Waals surface area contributed by atoms with Gasteiger partial charge < -0.3 is 4.74 Å². The highest BCUT2D eigenvalue weighted by Gasteiger charge is 2.20. The quantitative estimate of drug-likeness (QED) is 0.745. The van der Waals surface area contributed by atoms with E-state index >= 15 is 0 Å². The van der Waals surface area contributed by atoms with E-state index < -0.39 is 0 Å². The molecule has 0 amide bonds. The molecular formula is C11H14Br2O. The zero-order chi connectivity index (χ0) is 10.4. The highest BCUT2D eigenvalue weighted by Crippen LogP contribution is 2.24. The molecule has 0 fully saturated rings. The van der Waals surface area contributed by atoms with Crippen LogP contribution in [0.15, 0.2) is 30.3 Å². The lowest BCUT2D eigenvalue weighted by Crippen LogP contribution is -2.25. The summed E-state index contributed by atoms with van der Waals surface area (Å²) in [5, 5.41) is 0.979. The maximum atomic E-state index is 5.66. The van der Waals surface area contributed by atoms with Gasteiger partial charge in [0.05, 0.1) is 4.32 Å². The number of ether oxygens (including phenoxy) is 1. The van der Waals surface area contributed by atoms with E-state index in [-0.39, 0.29) is 4.32 Å². The summed E-state index contributed by atoms with van der Waals surface area (Å²) < 4.78 is 5.70. The van der Waals surface area contributed by atoms with Crippen molar-refractivity contribution in [3.8, 4) is 5.75 Å². The van der Waals surface area contributed by atoms with E-state index in [2.05, 4.69) is 38.8 Å². The summed E-state index contributed by atoms with van der Waals surface area (Å²) >= 11 is 7.07. The molecule has 0 N–H and O–H groups in total. The lowest BCUT2D eigenvalue weighted by atomic mass is 10.1. The van der Waals surface area contributed by atoms with Crippen LogP contribution in [0.5, 0.6) is 5.75 Å². The zero-order valence-corrected chi connectivity index (χ0v) is 11.3. The van der Waals surface area contributed by atoms with Crippen molar-refractivity contribution in [2.24, 2.45) is 0 Å². The van der Waals surface area contributed by atoms with Gasteiger partial charge in [0.15, 0.2) is 0 Å². The molecule has 0 bridgehead atoms. The maximum absolute atomic E-state index is 5.66. The number of alkyl halides is 2. The minimum absolute atomic E-state index is 0.0480. The summed E-state index contributed by atoms with van der Waals surface area (Å²) in [4.78, 5) is 0. The highest BCUT2D eigenvalue weighted by molar-refractivity contribution is 9.10. The van der Waals surface area contributed by atoms with Crippen molar-refractivity contribution >= 4 is 31.9 Å². The first kappa shape index (κ1) is 12.1. The first-order valence-corrected chi connectivity index (χ1v) is 6.48. The minimum Gasteiger partial charge on any atom is -0.492 e. The third kappa shape index (κ3) is 4.47. The molecule has 0 radical (unpaired) electrons. The third-order valence-corrected chi connectivity index (χ3v) is 2.92. The van der Waals surface area contributed by atoms with E-state index in [0.29, 0.717) is 6.61 Å². The molecule has 0 aliphatic carbocycles. The first-order valence-electron chi connectivity index (χ1n) is 4.57. The number of halogens is 2. The average Bonchev–Trinajstić information content (AvgIpc) is 2.17. The second-order valence-electron chi connectivity index (χ2n) is 3.45. The molecule has 1 aromatic carbocycles. The summed E-state index contributed by atoms with van der Waals surface area (Å²) in [5.74, 6) is 0.924. The third-order valence-electron chi connectivity index (χ3n) is 1.90. The zero-order valence-electron chi connectivity index (χ0n) is 8.17. The van der Waals surface area contributed by atoms with E-state index in [0.717, 1.165) is 17.5 Å². The van der Waals surface area contributed by atoms with Crippen LogP contribution in [-0.2, 0) is 0 Å². The normalized spacial score (nSPS) is 14.8. The number of benzene rings is 1. The van der Waals surface area contributed by atoms with Gasteiger partial charge in [0.25, 0.3) is 0 Å². The molecule has 1 atom stereocenters. The van der Waals surface area contributed by atoms with Gasteiger partial charge in [0.2, 0.25) is 0 Å². The Morgan fingerprint density at radius 1 is 1.29 bits per heavy atom. The Kier molecular flexibility index (Phi) is 4.96. The van der Waals surface area contributed by atoms with Gasteiger partial charge in [-0.2, -0.15) is 0 Å². The standard InChI is InChI=1S/C11H14Br2O/c1-11(13,7-8-12)9-14-10-5-3-2-4-6-10/h2-6H,7-9H2,1H3. The molecule has 78 valence electrons. The molecule has 1 aromatic rings. The van der Waals surface area contributed by atoms with E-state index in [1.165, 1.54) is 0 Å². The van der Waals surface area contributed by atoms with Crippen LogP contribution in [0.1, 0.15) is 13.3 Å². The van der Waals surface area contributed by atoms with Gasteiger partial charge in [0.1, 0.15) is 12.4 Å². The van der Waals surface area contributed by atoms with Crippen molar-refractivity contribution in [1.29, 1.82) is 0 Å². The number of hydrogen-bond acceptors (Lipinski definition) is 1. The largest absolute Gasteiger partial charge is 0.492 e. The van der Waals surface area contributed by atoms with Crippen LogP contribution >= 0.6 is 31.9 Å². The van der Waals surface area contributed by atoms with E-state index in [1.54, 1.807) is 0 Å². The van der Waals surface area contributed by atoms with Gasteiger partial charge in [-0.3, -0.25) is 0 Å². The van der Waals surface area contributed by atoms with Crippen LogP contribution in [0.25, 0.3) is 0 Å². The molecule has 1 unspecified atom stereocenters. The van der Waals surface area contributed by atoms with Crippen LogP contribution in [0.4, 0.5) is 0 Å². The molecule has 0 saturated carbocycles. The monoisotopic (exact) mass is 320 g/mol. The van der Waals surface area contributed by atoms with Gasteiger partial charge in [-0.1, -0.05) is 50.1 Å². The Hall–Kier alpha value is -0.0200. The molecule has 0 aliphatic heterocycles. The summed E-state index contributed by atoms with van der Waals surface area (Å²) in [6.45, 7) is 2.82. The summed E-state index contributed by atoms with van der Waals surface area (Å²) in [6.07, 6.45) is 1.04. The number of hydrogen-bond donors (Lipinski definition) is 0.